The first-order valence-corrected chi connectivity index (χ1v) is 7.22. The second-order valence-corrected chi connectivity index (χ2v) is 5.43. The van der Waals surface area contributed by atoms with Crippen LogP contribution in [0.2, 0.25) is 0 Å². The first kappa shape index (κ1) is 16.0. The van der Waals surface area contributed by atoms with Gasteiger partial charge in [-0.25, -0.2) is 9.97 Å². The molecule has 7 nitrogen and oxygen atoms in total. The van der Waals surface area contributed by atoms with Gasteiger partial charge in [0.15, 0.2) is 11.6 Å². The van der Waals surface area contributed by atoms with Gasteiger partial charge < -0.3 is 15.8 Å². The van der Waals surface area contributed by atoms with E-state index in [9.17, 15) is 0 Å². The second-order valence-electron chi connectivity index (χ2n) is 4.62. The van der Waals surface area contributed by atoms with Crippen LogP contribution in [0.25, 0.3) is 0 Å². The predicted octanol–water partition coefficient (Wildman–Crippen LogP) is 2.16. The van der Waals surface area contributed by atoms with E-state index in [2.05, 4.69) is 36.3 Å². The largest absolute Gasteiger partial charge is 0.433 e. The summed E-state index contributed by atoms with van der Waals surface area (Å²) in [5.41, 5.74) is 5.73. The third-order valence-electron chi connectivity index (χ3n) is 3.21. The number of halogens is 2. The van der Waals surface area contributed by atoms with Crippen molar-refractivity contribution in [2.45, 2.75) is 18.9 Å². The average Bonchev–Trinajstić information content (AvgIpc) is 2.92. The second kappa shape index (κ2) is 7.06. The highest BCUT2D eigenvalue weighted by atomic mass is 79.9. The molecule has 9 heteroatoms. The van der Waals surface area contributed by atoms with Crippen molar-refractivity contribution in [3.05, 3.63) is 23.2 Å². The van der Waals surface area contributed by atoms with Crippen LogP contribution >= 0.6 is 28.3 Å². The van der Waals surface area contributed by atoms with Crippen molar-refractivity contribution in [3.63, 3.8) is 0 Å². The average molecular weight is 376 g/mol. The quantitative estimate of drug-likeness (QED) is 0.854. The van der Waals surface area contributed by atoms with Gasteiger partial charge in [-0.3, -0.25) is 4.68 Å². The minimum absolute atomic E-state index is 0. The molecule has 3 heterocycles. The molecule has 0 atom stereocenters. The van der Waals surface area contributed by atoms with E-state index in [4.69, 9.17) is 10.5 Å². The molecule has 0 aliphatic carbocycles. The zero-order valence-corrected chi connectivity index (χ0v) is 13.6. The number of nitrogens with one attached hydrogen (secondary N) is 1. The Balaban J connectivity index is 0.00000161. The maximum atomic E-state index is 5.73. The smallest absolute Gasteiger partial charge is 0.263 e. The Hall–Kier alpha value is -1.38. The highest BCUT2D eigenvalue weighted by Crippen LogP contribution is 2.26. The van der Waals surface area contributed by atoms with Gasteiger partial charge >= 0.3 is 0 Å². The van der Waals surface area contributed by atoms with E-state index >= 15 is 0 Å². The molecule has 1 saturated heterocycles. The number of nitrogens with zero attached hydrogens (tertiary/aromatic N) is 4. The molecule has 1 aliphatic rings. The maximum Gasteiger partial charge on any atom is 0.263 e. The number of hydrogen-bond donors (Lipinski definition) is 2. The summed E-state index contributed by atoms with van der Waals surface area (Å²) in [4.78, 5) is 8.13. The summed E-state index contributed by atoms with van der Waals surface area (Å²) in [6, 6.07) is 0.416. The molecule has 1 aliphatic heterocycles. The Morgan fingerprint density at radius 2 is 2.10 bits per heavy atom. The van der Waals surface area contributed by atoms with Crippen LogP contribution < -0.4 is 15.8 Å². The Kier molecular flexibility index (Phi) is 5.38. The minimum atomic E-state index is 0. The van der Waals surface area contributed by atoms with Crippen molar-refractivity contribution < 1.29 is 4.74 Å². The Labute approximate surface area is 136 Å². The van der Waals surface area contributed by atoms with Gasteiger partial charge in [0.1, 0.15) is 4.60 Å². The number of piperidine rings is 1. The molecular formula is C12H16BrClN6O. The van der Waals surface area contributed by atoms with Gasteiger partial charge in [0.05, 0.1) is 24.6 Å². The SMILES string of the molecule is Cl.Nc1ncc(Br)nc1Oc1cnn(C2CCNCC2)c1. The lowest BCUT2D eigenvalue weighted by Gasteiger charge is -2.22. The number of nitrogens with two attached hydrogens (primary N) is 1. The summed E-state index contributed by atoms with van der Waals surface area (Å²) < 4.78 is 8.15. The molecule has 0 saturated carbocycles. The molecule has 0 radical (unpaired) electrons. The number of nitrogen functional groups attached to an aromatic ring is 1. The highest BCUT2D eigenvalue weighted by molar-refractivity contribution is 9.10. The van der Waals surface area contributed by atoms with Crippen LogP contribution in [0.15, 0.2) is 23.2 Å². The van der Waals surface area contributed by atoms with Crippen molar-refractivity contribution in [2.75, 3.05) is 18.8 Å². The van der Waals surface area contributed by atoms with E-state index in [0.29, 0.717) is 16.4 Å². The molecule has 21 heavy (non-hydrogen) atoms. The summed E-state index contributed by atoms with van der Waals surface area (Å²) >= 11 is 3.24. The molecule has 0 amide bonds. The molecule has 0 bridgehead atoms. The number of aromatic nitrogens is 4. The van der Waals surface area contributed by atoms with Gasteiger partial charge in [-0.05, 0) is 41.9 Å². The van der Waals surface area contributed by atoms with E-state index in [1.807, 2.05) is 10.9 Å². The fourth-order valence-corrected chi connectivity index (χ4v) is 2.46. The van der Waals surface area contributed by atoms with E-state index in [1.54, 1.807) is 6.20 Å². The fraction of sp³-hybridized carbons (Fsp3) is 0.417. The summed E-state index contributed by atoms with van der Waals surface area (Å²) in [5.74, 6) is 1.15. The monoisotopic (exact) mass is 374 g/mol. The van der Waals surface area contributed by atoms with Crippen molar-refractivity contribution in [1.29, 1.82) is 0 Å². The summed E-state index contributed by atoms with van der Waals surface area (Å²) in [6.45, 7) is 2.04. The lowest BCUT2D eigenvalue weighted by atomic mass is 10.1. The van der Waals surface area contributed by atoms with Crippen molar-refractivity contribution in [2.24, 2.45) is 0 Å². The third kappa shape index (κ3) is 3.84. The lowest BCUT2D eigenvalue weighted by molar-refractivity contribution is 0.342. The van der Waals surface area contributed by atoms with Crippen LogP contribution in [0.4, 0.5) is 5.82 Å². The molecule has 0 aromatic carbocycles. The lowest BCUT2D eigenvalue weighted by Crippen LogP contribution is -2.29. The van der Waals surface area contributed by atoms with Gasteiger partial charge in [0.25, 0.3) is 5.88 Å². The topological polar surface area (TPSA) is 90.9 Å². The molecule has 3 N–H and O–H groups in total. The molecule has 2 aromatic rings. The van der Waals surface area contributed by atoms with Crippen LogP contribution in [0.1, 0.15) is 18.9 Å². The van der Waals surface area contributed by atoms with Crippen LogP contribution in [-0.4, -0.2) is 32.8 Å². The standard InChI is InChI=1S/C12H15BrN6O.ClH/c13-10-6-16-11(14)12(18-10)20-9-5-17-19(7-9)8-1-3-15-4-2-8;/h5-8,15H,1-4H2,(H2,14,16);1H. The van der Waals surface area contributed by atoms with Gasteiger partial charge in [0, 0.05) is 0 Å². The van der Waals surface area contributed by atoms with E-state index in [0.717, 1.165) is 25.9 Å². The van der Waals surface area contributed by atoms with Crippen LogP contribution in [0.3, 0.4) is 0 Å². The van der Waals surface area contributed by atoms with Crippen LogP contribution in [0, 0.1) is 0 Å². The summed E-state index contributed by atoms with van der Waals surface area (Å²) in [5, 5.41) is 7.68. The predicted molar refractivity (Wildman–Crippen MR) is 84.8 cm³/mol. The van der Waals surface area contributed by atoms with Crippen molar-refractivity contribution >= 4 is 34.2 Å². The van der Waals surface area contributed by atoms with Gasteiger partial charge in [-0.1, -0.05) is 0 Å². The molecular weight excluding hydrogens is 360 g/mol. The maximum absolute atomic E-state index is 5.73. The Bertz CT molecular complexity index is 601. The first-order chi connectivity index (χ1) is 9.72. The Morgan fingerprint density at radius 1 is 1.33 bits per heavy atom. The zero-order valence-electron chi connectivity index (χ0n) is 11.2. The van der Waals surface area contributed by atoms with Crippen LogP contribution in [-0.2, 0) is 0 Å². The first-order valence-electron chi connectivity index (χ1n) is 6.43. The van der Waals surface area contributed by atoms with Gasteiger partial charge in [-0.15, -0.1) is 12.4 Å². The normalized spacial score (nSPS) is 15.5. The molecule has 1 fully saturated rings. The van der Waals surface area contributed by atoms with E-state index < -0.39 is 0 Å². The molecule has 3 rings (SSSR count). The molecule has 0 spiro atoms. The number of rotatable bonds is 3. The number of anilines is 1. The zero-order chi connectivity index (χ0) is 13.9. The third-order valence-corrected chi connectivity index (χ3v) is 3.59. The van der Waals surface area contributed by atoms with Gasteiger partial charge in [0.2, 0.25) is 0 Å². The van der Waals surface area contributed by atoms with Crippen LogP contribution in [0.5, 0.6) is 11.6 Å². The summed E-state index contributed by atoms with van der Waals surface area (Å²) in [6.07, 6.45) is 7.21. The fourth-order valence-electron chi connectivity index (χ4n) is 2.19. The van der Waals surface area contributed by atoms with Crippen molar-refractivity contribution in [3.8, 4) is 11.6 Å². The Morgan fingerprint density at radius 3 is 2.86 bits per heavy atom. The molecule has 0 unspecified atom stereocenters. The van der Waals surface area contributed by atoms with E-state index in [1.165, 1.54) is 6.20 Å². The minimum Gasteiger partial charge on any atom is -0.433 e. The number of hydrogen-bond acceptors (Lipinski definition) is 6. The molecule has 114 valence electrons. The summed E-state index contributed by atoms with van der Waals surface area (Å²) in [7, 11) is 0. The highest BCUT2D eigenvalue weighted by Gasteiger charge is 2.16. The number of ether oxygens (including phenoxy) is 1. The van der Waals surface area contributed by atoms with E-state index in [-0.39, 0.29) is 24.1 Å². The van der Waals surface area contributed by atoms with Gasteiger partial charge in [-0.2, -0.15) is 5.10 Å². The molecule has 2 aromatic heterocycles. The van der Waals surface area contributed by atoms with Crippen molar-refractivity contribution in [1.82, 2.24) is 25.1 Å².